The van der Waals surface area contributed by atoms with Crippen LogP contribution in [-0.4, -0.2) is 16.2 Å². The Labute approximate surface area is 152 Å². The van der Waals surface area contributed by atoms with Crippen molar-refractivity contribution in [3.63, 3.8) is 0 Å². The molecule has 132 valence electrons. The van der Waals surface area contributed by atoms with Gasteiger partial charge in [0.2, 0.25) is 5.89 Å². The maximum atomic E-state index is 12.0. The van der Waals surface area contributed by atoms with Crippen molar-refractivity contribution in [2.24, 2.45) is 0 Å². The fourth-order valence-electron chi connectivity index (χ4n) is 2.32. The first-order valence-corrected chi connectivity index (χ1v) is 8.37. The van der Waals surface area contributed by atoms with Crippen molar-refractivity contribution in [3.05, 3.63) is 77.2 Å². The standard InChI is InChI=1S/C21H20N2O3/c1-14-4-8-17(9-5-14)10-13-19(24)25-16(3)20-22-23-21(26-20)18-11-6-15(2)7-12-18/h4-13,16H,1-3H3/b13-10+/t16-/m0/s1. The second-order valence-corrected chi connectivity index (χ2v) is 6.13. The third-order valence-electron chi connectivity index (χ3n) is 3.87. The van der Waals surface area contributed by atoms with Gasteiger partial charge in [-0.1, -0.05) is 47.5 Å². The molecular formula is C21H20N2O3. The Balaban J connectivity index is 1.62. The number of hydrogen-bond acceptors (Lipinski definition) is 5. The lowest BCUT2D eigenvalue weighted by Gasteiger charge is -2.06. The van der Waals surface area contributed by atoms with Crippen LogP contribution in [0, 0.1) is 13.8 Å². The molecule has 0 bridgehead atoms. The van der Waals surface area contributed by atoms with Gasteiger partial charge in [0.1, 0.15) is 0 Å². The quantitative estimate of drug-likeness (QED) is 0.495. The third kappa shape index (κ3) is 4.45. The molecule has 0 fully saturated rings. The molecule has 5 nitrogen and oxygen atoms in total. The molecule has 3 rings (SSSR count). The van der Waals surface area contributed by atoms with Gasteiger partial charge in [0.25, 0.3) is 5.89 Å². The van der Waals surface area contributed by atoms with Gasteiger partial charge in [0, 0.05) is 11.6 Å². The van der Waals surface area contributed by atoms with Gasteiger partial charge in [-0.25, -0.2) is 4.79 Å². The summed E-state index contributed by atoms with van der Waals surface area (Å²) in [7, 11) is 0. The number of aryl methyl sites for hydroxylation is 2. The molecule has 26 heavy (non-hydrogen) atoms. The molecule has 0 aliphatic heterocycles. The highest BCUT2D eigenvalue weighted by atomic mass is 16.6. The van der Waals surface area contributed by atoms with Crippen LogP contribution in [0.5, 0.6) is 0 Å². The maximum absolute atomic E-state index is 12.0. The zero-order valence-corrected chi connectivity index (χ0v) is 15.0. The molecule has 0 radical (unpaired) electrons. The van der Waals surface area contributed by atoms with Crippen LogP contribution in [0.15, 0.2) is 59.0 Å². The van der Waals surface area contributed by atoms with Gasteiger partial charge in [-0.2, -0.15) is 0 Å². The van der Waals surface area contributed by atoms with Gasteiger partial charge in [-0.05, 0) is 44.5 Å². The van der Waals surface area contributed by atoms with Crippen LogP contribution in [0.25, 0.3) is 17.5 Å². The lowest BCUT2D eigenvalue weighted by Crippen LogP contribution is -2.06. The Bertz CT molecular complexity index is 909. The first kappa shape index (κ1) is 17.6. The predicted molar refractivity (Wildman–Crippen MR) is 99.2 cm³/mol. The summed E-state index contributed by atoms with van der Waals surface area (Å²) >= 11 is 0. The van der Waals surface area contributed by atoms with Crippen LogP contribution in [0.3, 0.4) is 0 Å². The van der Waals surface area contributed by atoms with Crippen LogP contribution in [-0.2, 0) is 9.53 Å². The van der Waals surface area contributed by atoms with Gasteiger partial charge in [0.15, 0.2) is 6.10 Å². The molecular weight excluding hydrogens is 328 g/mol. The zero-order valence-electron chi connectivity index (χ0n) is 15.0. The molecule has 0 aliphatic carbocycles. The van der Waals surface area contributed by atoms with Crippen LogP contribution >= 0.6 is 0 Å². The number of aromatic nitrogens is 2. The van der Waals surface area contributed by atoms with Gasteiger partial charge < -0.3 is 9.15 Å². The van der Waals surface area contributed by atoms with E-state index < -0.39 is 12.1 Å². The largest absolute Gasteiger partial charge is 0.449 e. The summed E-state index contributed by atoms with van der Waals surface area (Å²) in [5.41, 5.74) is 4.07. The Kier molecular flexibility index (Phi) is 5.27. The summed E-state index contributed by atoms with van der Waals surface area (Å²) in [5.74, 6) is 0.198. The fourth-order valence-corrected chi connectivity index (χ4v) is 2.32. The fraction of sp³-hybridized carbons (Fsp3) is 0.190. The minimum absolute atomic E-state index is 0.262. The Morgan fingerprint density at radius 1 is 1.00 bits per heavy atom. The Morgan fingerprint density at radius 3 is 2.27 bits per heavy atom. The predicted octanol–water partition coefficient (Wildman–Crippen LogP) is 4.67. The van der Waals surface area contributed by atoms with Gasteiger partial charge in [0.05, 0.1) is 0 Å². The molecule has 0 spiro atoms. The van der Waals surface area contributed by atoms with Gasteiger partial charge >= 0.3 is 5.97 Å². The Morgan fingerprint density at radius 2 is 1.62 bits per heavy atom. The third-order valence-corrected chi connectivity index (χ3v) is 3.87. The number of carbonyl (C=O) groups is 1. The highest BCUT2D eigenvalue weighted by Gasteiger charge is 2.18. The number of rotatable bonds is 5. The molecule has 0 amide bonds. The minimum atomic E-state index is -0.628. The lowest BCUT2D eigenvalue weighted by molar-refractivity contribution is -0.143. The molecule has 2 aromatic carbocycles. The highest BCUT2D eigenvalue weighted by molar-refractivity contribution is 5.87. The van der Waals surface area contributed by atoms with E-state index in [4.69, 9.17) is 9.15 Å². The molecule has 0 aliphatic rings. The average Bonchev–Trinajstić information content (AvgIpc) is 3.12. The van der Waals surface area contributed by atoms with Crippen LogP contribution in [0.4, 0.5) is 0 Å². The average molecular weight is 348 g/mol. The van der Waals surface area contributed by atoms with E-state index in [0.717, 1.165) is 16.7 Å². The van der Waals surface area contributed by atoms with Crippen LogP contribution in [0.2, 0.25) is 0 Å². The second kappa shape index (κ2) is 7.78. The van der Waals surface area contributed by atoms with Crippen molar-refractivity contribution in [1.29, 1.82) is 0 Å². The lowest BCUT2D eigenvalue weighted by atomic mass is 10.1. The summed E-state index contributed by atoms with van der Waals surface area (Å²) in [4.78, 5) is 12.0. The number of nitrogens with zero attached hydrogens (tertiary/aromatic N) is 2. The number of esters is 1. The summed E-state index contributed by atoms with van der Waals surface area (Å²) in [6, 6.07) is 15.6. The van der Waals surface area contributed by atoms with E-state index in [1.165, 1.54) is 11.6 Å². The van der Waals surface area contributed by atoms with E-state index in [2.05, 4.69) is 10.2 Å². The van der Waals surface area contributed by atoms with Crippen LogP contribution in [0.1, 0.15) is 35.6 Å². The second-order valence-electron chi connectivity index (χ2n) is 6.13. The SMILES string of the molecule is Cc1ccc(/C=C/C(=O)O[C@@H](C)c2nnc(-c3ccc(C)cc3)o2)cc1. The molecule has 1 heterocycles. The molecule has 0 saturated heterocycles. The van der Waals surface area contributed by atoms with Crippen molar-refractivity contribution >= 4 is 12.0 Å². The van der Waals surface area contributed by atoms with Crippen LogP contribution < -0.4 is 0 Å². The van der Waals surface area contributed by atoms with E-state index in [9.17, 15) is 4.79 Å². The Hall–Kier alpha value is -3.21. The topological polar surface area (TPSA) is 65.2 Å². The number of carbonyl (C=O) groups excluding carboxylic acids is 1. The number of hydrogen-bond donors (Lipinski definition) is 0. The van der Waals surface area contributed by atoms with E-state index >= 15 is 0 Å². The summed E-state index contributed by atoms with van der Waals surface area (Å²) < 4.78 is 11.0. The number of benzene rings is 2. The molecule has 5 heteroatoms. The van der Waals surface area contributed by atoms with Crippen molar-refractivity contribution in [3.8, 4) is 11.5 Å². The van der Waals surface area contributed by atoms with E-state index in [-0.39, 0.29) is 5.89 Å². The number of ether oxygens (including phenoxy) is 1. The molecule has 0 saturated carbocycles. The zero-order chi connectivity index (χ0) is 18.5. The normalized spacial score (nSPS) is 12.3. The van der Waals surface area contributed by atoms with Gasteiger partial charge in [-0.15, -0.1) is 10.2 Å². The van der Waals surface area contributed by atoms with E-state index in [1.807, 2.05) is 62.4 Å². The highest BCUT2D eigenvalue weighted by Crippen LogP contribution is 2.22. The van der Waals surface area contributed by atoms with Crippen molar-refractivity contribution in [2.75, 3.05) is 0 Å². The van der Waals surface area contributed by atoms with E-state index in [1.54, 1.807) is 13.0 Å². The monoisotopic (exact) mass is 348 g/mol. The first-order chi connectivity index (χ1) is 12.5. The smallest absolute Gasteiger partial charge is 0.331 e. The molecule has 1 aromatic heterocycles. The first-order valence-electron chi connectivity index (χ1n) is 8.37. The summed E-state index contributed by atoms with van der Waals surface area (Å²) in [6.07, 6.45) is 2.47. The molecule has 0 N–H and O–H groups in total. The molecule has 0 unspecified atom stereocenters. The maximum Gasteiger partial charge on any atom is 0.331 e. The molecule has 1 atom stereocenters. The summed E-state index contributed by atoms with van der Waals surface area (Å²) in [6.45, 7) is 5.72. The van der Waals surface area contributed by atoms with Crippen molar-refractivity contribution in [2.45, 2.75) is 26.9 Å². The molecule has 3 aromatic rings. The summed E-state index contributed by atoms with van der Waals surface area (Å²) in [5, 5.41) is 8.00. The van der Waals surface area contributed by atoms with Crippen molar-refractivity contribution in [1.82, 2.24) is 10.2 Å². The minimum Gasteiger partial charge on any atom is -0.449 e. The van der Waals surface area contributed by atoms with Crippen molar-refractivity contribution < 1.29 is 13.9 Å². The van der Waals surface area contributed by atoms with E-state index in [0.29, 0.717) is 5.89 Å². The van der Waals surface area contributed by atoms with Gasteiger partial charge in [-0.3, -0.25) is 0 Å².